The van der Waals surface area contributed by atoms with E-state index >= 15 is 0 Å². The topological polar surface area (TPSA) is 35.5 Å². The van der Waals surface area contributed by atoms with Gasteiger partial charge in [0.25, 0.3) is 0 Å². The molecule has 3 nitrogen and oxygen atoms in total. The van der Waals surface area contributed by atoms with Crippen molar-refractivity contribution in [3.8, 4) is 0 Å². The molecular formula is C4H12O3PSi+. The standard InChI is InChI=1S/C4H12O3PSi/c1-6-8(5)7-3-2-4-9/h2-4H2,1,9H3/q+1. The molecule has 54 valence electrons. The molecule has 0 fully saturated rings. The van der Waals surface area contributed by atoms with E-state index in [1.807, 2.05) is 0 Å². The van der Waals surface area contributed by atoms with E-state index in [9.17, 15) is 4.57 Å². The van der Waals surface area contributed by atoms with Crippen LogP contribution in [0.5, 0.6) is 0 Å². The molecule has 0 amide bonds. The normalized spacial score (nSPS) is 11.9. The van der Waals surface area contributed by atoms with Crippen LogP contribution in [-0.2, 0) is 13.6 Å². The number of rotatable bonds is 5. The maximum atomic E-state index is 10.4. The fraction of sp³-hybridized carbons (Fsp3) is 1.00. The van der Waals surface area contributed by atoms with Crippen LogP contribution in [0.4, 0.5) is 0 Å². The van der Waals surface area contributed by atoms with Crippen LogP contribution in [-0.4, -0.2) is 24.0 Å². The third-order valence-electron chi connectivity index (χ3n) is 0.844. The fourth-order valence-electron chi connectivity index (χ4n) is 0.336. The van der Waals surface area contributed by atoms with Crippen LogP contribution in [0.15, 0.2) is 0 Å². The molecule has 0 heterocycles. The van der Waals surface area contributed by atoms with Gasteiger partial charge in [0.2, 0.25) is 0 Å². The monoisotopic (exact) mass is 167 g/mol. The molecule has 0 aliphatic rings. The van der Waals surface area contributed by atoms with Gasteiger partial charge in [-0.1, -0.05) is 6.04 Å². The Kier molecular flexibility index (Phi) is 6.53. The SMILES string of the molecule is CO[P+](=O)OCCC[SiH3]. The van der Waals surface area contributed by atoms with Gasteiger partial charge in [-0.25, -0.2) is 0 Å². The van der Waals surface area contributed by atoms with Crippen LogP contribution in [0, 0.1) is 0 Å². The lowest BCUT2D eigenvalue weighted by molar-refractivity contribution is 0.257. The van der Waals surface area contributed by atoms with Crippen LogP contribution in [0.1, 0.15) is 6.42 Å². The Morgan fingerprint density at radius 1 is 1.67 bits per heavy atom. The van der Waals surface area contributed by atoms with E-state index in [1.54, 1.807) is 0 Å². The van der Waals surface area contributed by atoms with Gasteiger partial charge in [0, 0.05) is 14.8 Å². The second-order valence-corrected chi connectivity index (χ2v) is 3.66. The first-order valence-corrected chi connectivity index (χ1v) is 5.46. The zero-order valence-corrected chi connectivity index (χ0v) is 8.69. The van der Waals surface area contributed by atoms with E-state index in [-0.39, 0.29) is 0 Å². The summed E-state index contributed by atoms with van der Waals surface area (Å²) in [6, 6.07) is 1.19. The van der Waals surface area contributed by atoms with Crippen molar-refractivity contribution in [1.82, 2.24) is 0 Å². The van der Waals surface area contributed by atoms with Crippen molar-refractivity contribution >= 4 is 18.5 Å². The molecule has 0 aliphatic carbocycles. The number of hydrogen-bond donors (Lipinski definition) is 0. The molecule has 0 aromatic carbocycles. The van der Waals surface area contributed by atoms with Crippen molar-refractivity contribution < 1.29 is 13.6 Å². The Morgan fingerprint density at radius 3 is 2.78 bits per heavy atom. The summed E-state index contributed by atoms with van der Waals surface area (Å²) in [4.78, 5) is 0. The van der Waals surface area contributed by atoms with Crippen LogP contribution in [0.3, 0.4) is 0 Å². The molecule has 0 aromatic heterocycles. The largest absolute Gasteiger partial charge is 0.697 e. The summed E-state index contributed by atoms with van der Waals surface area (Å²) in [5.74, 6) is 0. The van der Waals surface area contributed by atoms with E-state index in [2.05, 4.69) is 4.52 Å². The van der Waals surface area contributed by atoms with Crippen LogP contribution in [0.25, 0.3) is 0 Å². The number of hydrogen-bond acceptors (Lipinski definition) is 3. The lowest BCUT2D eigenvalue weighted by Crippen LogP contribution is -1.85. The second-order valence-electron chi connectivity index (χ2n) is 1.59. The Morgan fingerprint density at radius 2 is 2.33 bits per heavy atom. The van der Waals surface area contributed by atoms with Gasteiger partial charge in [-0.2, -0.15) is 0 Å². The molecule has 9 heavy (non-hydrogen) atoms. The average Bonchev–Trinajstić information content (AvgIpc) is 1.89. The Labute approximate surface area is 59.1 Å². The highest BCUT2D eigenvalue weighted by molar-refractivity contribution is 7.33. The third kappa shape index (κ3) is 6.12. The van der Waals surface area contributed by atoms with Gasteiger partial charge in [0.15, 0.2) is 0 Å². The zero-order chi connectivity index (χ0) is 7.11. The lowest BCUT2D eigenvalue weighted by Gasteiger charge is -1.85. The zero-order valence-electron chi connectivity index (χ0n) is 5.79. The van der Waals surface area contributed by atoms with E-state index in [0.717, 1.165) is 6.42 Å². The van der Waals surface area contributed by atoms with Gasteiger partial charge in [0.1, 0.15) is 6.61 Å². The molecule has 1 atom stereocenters. The smallest absolute Gasteiger partial charge is 0.122 e. The van der Waals surface area contributed by atoms with Gasteiger partial charge >= 0.3 is 8.25 Å². The third-order valence-corrected chi connectivity index (χ3v) is 2.24. The average molecular weight is 167 g/mol. The van der Waals surface area contributed by atoms with Crippen molar-refractivity contribution in [3.05, 3.63) is 0 Å². The summed E-state index contributed by atoms with van der Waals surface area (Å²) in [6.45, 7) is 0.562. The first-order valence-electron chi connectivity index (χ1n) is 2.95. The quantitative estimate of drug-likeness (QED) is 0.339. The molecule has 0 aromatic rings. The Hall–Kier alpha value is 0.237. The minimum Gasteiger partial charge on any atom is -0.122 e. The molecule has 1 unspecified atom stereocenters. The van der Waals surface area contributed by atoms with Crippen molar-refractivity contribution in [2.45, 2.75) is 12.5 Å². The molecule has 0 spiro atoms. The summed E-state index contributed by atoms with van der Waals surface area (Å²) in [7, 11) is 0.735. The summed E-state index contributed by atoms with van der Waals surface area (Å²) in [5.41, 5.74) is 0. The molecule has 5 heteroatoms. The second kappa shape index (κ2) is 6.36. The van der Waals surface area contributed by atoms with Gasteiger partial charge in [-0.15, -0.1) is 9.05 Å². The van der Waals surface area contributed by atoms with Gasteiger partial charge in [-0.3, -0.25) is 0 Å². The summed E-state index contributed by atoms with van der Waals surface area (Å²) in [5, 5.41) is 0. The van der Waals surface area contributed by atoms with Gasteiger partial charge < -0.3 is 0 Å². The van der Waals surface area contributed by atoms with Crippen LogP contribution in [0.2, 0.25) is 6.04 Å². The highest BCUT2D eigenvalue weighted by atomic mass is 31.1. The highest BCUT2D eigenvalue weighted by Gasteiger charge is 2.14. The molecule has 0 saturated carbocycles. The van der Waals surface area contributed by atoms with Gasteiger partial charge in [-0.05, 0) is 6.42 Å². The van der Waals surface area contributed by atoms with E-state index in [1.165, 1.54) is 23.4 Å². The molecular weight excluding hydrogens is 155 g/mol. The first kappa shape index (κ1) is 9.24. The first-order chi connectivity index (χ1) is 4.31. The molecule has 0 saturated heterocycles. The van der Waals surface area contributed by atoms with Crippen LogP contribution < -0.4 is 0 Å². The van der Waals surface area contributed by atoms with E-state index < -0.39 is 8.25 Å². The van der Waals surface area contributed by atoms with Crippen molar-refractivity contribution in [1.29, 1.82) is 0 Å². The lowest BCUT2D eigenvalue weighted by atomic mass is 10.5. The Bertz CT molecular complexity index is 87.9. The predicted molar refractivity (Wildman–Crippen MR) is 39.9 cm³/mol. The van der Waals surface area contributed by atoms with E-state index in [0.29, 0.717) is 6.61 Å². The van der Waals surface area contributed by atoms with E-state index in [4.69, 9.17) is 4.52 Å². The fourth-order valence-corrected chi connectivity index (χ4v) is 1.01. The van der Waals surface area contributed by atoms with Crippen LogP contribution >= 0.6 is 8.25 Å². The maximum Gasteiger partial charge on any atom is 0.697 e. The van der Waals surface area contributed by atoms with Gasteiger partial charge in [0.05, 0.1) is 7.11 Å². The predicted octanol–water partition coefficient (Wildman–Crippen LogP) is 0.481. The summed E-state index contributed by atoms with van der Waals surface area (Å²) in [6.07, 6.45) is 0.997. The Balaban J connectivity index is 2.97. The molecule has 0 aliphatic heterocycles. The minimum absolute atomic E-state index is 0.562. The maximum absolute atomic E-state index is 10.4. The van der Waals surface area contributed by atoms with Crippen molar-refractivity contribution in [2.24, 2.45) is 0 Å². The highest BCUT2D eigenvalue weighted by Crippen LogP contribution is 2.21. The molecule has 0 N–H and O–H groups in total. The molecule has 0 rings (SSSR count). The van der Waals surface area contributed by atoms with Crippen molar-refractivity contribution in [2.75, 3.05) is 13.7 Å². The summed E-state index contributed by atoms with van der Waals surface area (Å²) >= 11 is 0. The minimum atomic E-state index is -1.82. The molecule has 0 radical (unpaired) electrons. The summed E-state index contributed by atoms with van der Waals surface area (Å²) < 4.78 is 19.5. The van der Waals surface area contributed by atoms with Crippen molar-refractivity contribution in [3.63, 3.8) is 0 Å². The molecule has 0 bridgehead atoms.